The third kappa shape index (κ3) is 0.767. The molecule has 0 atom stereocenters. The molecule has 1 aromatic carbocycles. The van der Waals surface area contributed by atoms with Crippen molar-refractivity contribution in [3.63, 3.8) is 0 Å². The second-order valence-corrected chi connectivity index (χ2v) is 3.01. The molecule has 0 saturated heterocycles. The van der Waals surface area contributed by atoms with Crippen molar-refractivity contribution in [1.29, 1.82) is 0 Å². The van der Waals surface area contributed by atoms with Crippen LogP contribution >= 0.6 is 0 Å². The predicted octanol–water partition coefficient (Wildman–Crippen LogP) is 1.40. The van der Waals surface area contributed by atoms with Gasteiger partial charge in [-0.2, -0.15) is 0 Å². The number of hydrogen-bond donors (Lipinski definition) is 2. The minimum Gasteiger partial charge on any atom is -0.384 e. The third-order valence-corrected chi connectivity index (χ3v) is 2.11. The van der Waals surface area contributed by atoms with Crippen molar-refractivity contribution < 1.29 is 0 Å². The molecule has 64 valence electrons. The first-order valence-corrected chi connectivity index (χ1v) is 4.06. The molecule has 0 amide bonds. The maximum absolute atomic E-state index is 5.61. The summed E-state index contributed by atoms with van der Waals surface area (Å²) in [4.78, 5) is 4.39. The molecule has 0 aliphatic rings. The predicted molar refractivity (Wildman–Crippen MR) is 51.5 cm³/mol. The number of benzene rings is 1. The van der Waals surface area contributed by atoms with Gasteiger partial charge < -0.3 is 5.73 Å². The molecule has 2 heterocycles. The van der Waals surface area contributed by atoms with Crippen LogP contribution in [0.25, 0.3) is 16.7 Å². The maximum Gasteiger partial charge on any atom is 0.156 e. The van der Waals surface area contributed by atoms with Crippen LogP contribution in [0.1, 0.15) is 0 Å². The molecule has 2 aromatic heterocycles. The molecule has 0 aliphatic heterocycles. The van der Waals surface area contributed by atoms with Crippen molar-refractivity contribution in [1.82, 2.24) is 14.6 Å². The van der Waals surface area contributed by atoms with E-state index in [2.05, 4.69) is 10.1 Å². The van der Waals surface area contributed by atoms with Crippen LogP contribution in [-0.2, 0) is 0 Å². The molecule has 3 rings (SSSR count). The Morgan fingerprint density at radius 3 is 3.08 bits per heavy atom. The first kappa shape index (κ1) is 6.54. The summed E-state index contributed by atoms with van der Waals surface area (Å²) in [5, 5.41) is 3.01. The monoisotopic (exact) mass is 172 g/mol. The summed E-state index contributed by atoms with van der Waals surface area (Å²) < 4.78 is 1.88. The van der Waals surface area contributed by atoms with E-state index in [1.54, 1.807) is 0 Å². The highest BCUT2D eigenvalue weighted by molar-refractivity contribution is 5.80. The Balaban J connectivity index is 2.60. The van der Waals surface area contributed by atoms with Crippen LogP contribution in [0.3, 0.4) is 0 Å². The van der Waals surface area contributed by atoms with Crippen LogP contribution in [0.5, 0.6) is 0 Å². The molecule has 0 bridgehead atoms. The van der Waals surface area contributed by atoms with Gasteiger partial charge in [-0.1, -0.05) is 12.1 Å². The van der Waals surface area contributed by atoms with Gasteiger partial charge in [0.05, 0.1) is 11.0 Å². The summed E-state index contributed by atoms with van der Waals surface area (Å²) in [5.74, 6) is 0.633. The van der Waals surface area contributed by atoms with Crippen LogP contribution in [0.2, 0.25) is 0 Å². The minimum absolute atomic E-state index is 0.633. The van der Waals surface area contributed by atoms with Gasteiger partial charge in [-0.05, 0) is 12.1 Å². The summed E-state index contributed by atoms with van der Waals surface area (Å²) >= 11 is 0. The lowest BCUT2D eigenvalue weighted by Crippen LogP contribution is -1.87. The number of hydrogen-bond acceptors (Lipinski definition) is 2. The second kappa shape index (κ2) is 2.04. The zero-order valence-electron chi connectivity index (χ0n) is 6.86. The first-order chi connectivity index (χ1) is 6.34. The lowest BCUT2D eigenvalue weighted by Gasteiger charge is -1.88. The molecule has 4 nitrogen and oxygen atoms in total. The Hall–Kier alpha value is -1.97. The van der Waals surface area contributed by atoms with Crippen molar-refractivity contribution in [2.24, 2.45) is 0 Å². The Morgan fingerprint density at radius 2 is 2.15 bits per heavy atom. The van der Waals surface area contributed by atoms with Gasteiger partial charge in [-0.3, -0.25) is 5.10 Å². The van der Waals surface area contributed by atoms with Crippen molar-refractivity contribution >= 4 is 22.5 Å². The smallest absolute Gasteiger partial charge is 0.156 e. The van der Waals surface area contributed by atoms with Gasteiger partial charge in [-0.25, -0.2) is 9.50 Å². The largest absolute Gasteiger partial charge is 0.384 e. The molecule has 4 heteroatoms. The molecule has 0 spiro atoms. The van der Waals surface area contributed by atoms with Crippen molar-refractivity contribution in [2.45, 2.75) is 0 Å². The lowest BCUT2D eigenvalue weighted by atomic mass is 10.3. The number of nitrogen functional groups attached to an aromatic ring is 1. The first-order valence-electron chi connectivity index (χ1n) is 4.06. The van der Waals surface area contributed by atoms with E-state index in [1.807, 2.05) is 34.8 Å². The SMILES string of the molecule is Nc1cc2nc3ccccc3n2[nH]1. The van der Waals surface area contributed by atoms with E-state index in [4.69, 9.17) is 5.73 Å². The fourth-order valence-corrected chi connectivity index (χ4v) is 1.56. The lowest BCUT2D eigenvalue weighted by molar-refractivity contribution is 1.01. The van der Waals surface area contributed by atoms with E-state index in [0.29, 0.717) is 5.82 Å². The molecule has 3 N–H and O–H groups in total. The number of nitrogens with two attached hydrogens (primary N) is 1. The number of para-hydroxylation sites is 2. The number of aromatic nitrogens is 3. The maximum atomic E-state index is 5.61. The molecule has 13 heavy (non-hydrogen) atoms. The normalized spacial score (nSPS) is 11.4. The number of anilines is 1. The van der Waals surface area contributed by atoms with Gasteiger partial charge in [0.1, 0.15) is 5.82 Å². The highest BCUT2D eigenvalue weighted by Crippen LogP contribution is 2.16. The van der Waals surface area contributed by atoms with E-state index in [1.165, 1.54) is 0 Å². The average Bonchev–Trinajstić information content (AvgIpc) is 2.60. The van der Waals surface area contributed by atoms with E-state index >= 15 is 0 Å². The Morgan fingerprint density at radius 1 is 1.31 bits per heavy atom. The second-order valence-electron chi connectivity index (χ2n) is 3.01. The Labute approximate surface area is 74.0 Å². The zero-order chi connectivity index (χ0) is 8.84. The standard InChI is InChI=1S/C9H8N4/c10-8-5-9-11-6-3-1-2-4-7(6)13(9)12-8/h1-5,12H,10H2. The van der Waals surface area contributed by atoms with Gasteiger partial charge in [0.15, 0.2) is 5.65 Å². The van der Waals surface area contributed by atoms with Gasteiger partial charge in [0, 0.05) is 6.07 Å². The molecular weight excluding hydrogens is 164 g/mol. The topological polar surface area (TPSA) is 59.1 Å². The summed E-state index contributed by atoms with van der Waals surface area (Å²) in [5.41, 5.74) is 8.50. The molecular formula is C9H8N4. The van der Waals surface area contributed by atoms with Gasteiger partial charge >= 0.3 is 0 Å². The van der Waals surface area contributed by atoms with Crippen LogP contribution in [0.4, 0.5) is 5.82 Å². The molecule has 0 aliphatic carbocycles. The minimum atomic E-state index is 0.633. The van der Waals surface area contributed by atoms with Gasteiger partial charge in [0.25, 0.3) is 0 Å². The molecule has 3 aromatic rings. The van der Waals surface area contributed by atoms with Crippen LogP contribution in [-0.4, -0.2) is 14.6 Å². The zero-order valence-corrected chi connectivity index (χ0v) is 6.86. The van der Waals surface area contributed by atoms with Crippen molar-refractivity contribution in [3.05, 3.63) is 30.3 Å². The van der Waals surface area contributed by atoms with Crippen molar-refractivity contribution in [2.75, 3.05) is 5.73 Å². The van der Waals surface area contributed by atoms with Gasteiger partial charge in [0.2, 0.25) is 0 Å². The summed E-state index contributed by atoms with van der Waals surface area (Å²) in [6.45, 7) is 0. The van der Waals surface area contributed by atoms with Crippen molar-refractivity contribution in [3.8, 4) is 0 Å². The highest BCUT2D eigenvalue weighted by atomic mass is 15.3. The van der Waals surface area contributed by atoms with Crippen LogP contribution in [0.15, 0.2) is 30.3 Å². The Bertz CT molecular complexity index is 575. The fourth-order valence-electron chi connectivity index (χ4n) is 1.56. The summed E-state index contributed by atoms with van der Waals surface area (Å²) in [6.07, 6.45) is 0. The summed E-state index contributed by atoms with van der Waals surface area (Å²) in [7, 11) is 0. The number of H-pyrrole nitrogens is 1. The van der Waals surface area contributed by atoms with Crippen LogP contribution < -0.4 is 5.73 Å². The third-order valence-electron chi connectivity index (χ3n) is 2.11. The number of aromatic amines is 1. The van der Waals surface area contributed by atoms with Gasteiger partial charge in [-0.15, -0.1) is 0 Å². The number of nitrogens with one attached hydrogen (secondary N) is 1. The van der Waals surface area contributed by atoms with E-state index < -0.39 is 0 Å². The molecule has 0 fully saturated rings. The number of nitrogens with zero attached hydrogens (tertiary/aromatic N) is 2. The highest BCUT2D eigenvalue weighted by Gasteiger charge is 2.04. The van der Waals surface area contributed by atoms with E-state index in [-0.39, 0.29) is 0 Å². The number of fused-ring (bicyclic) bond motifs is 3. The molecule has 0 unspecified atom stereocenters. The van der Waals surface area contributed by atoms with Crippen LogP contribution in [0, 0.1) is 0 Å². The summed E-state index contributed by atoms with van der Waals surface area (Å²) in [6, 6.07) is 9.75. The van der Waals surface area contributed by atoms with E-state index in [0.717, 1.165) is 16.7 Å². The molecule has 0 saturated carbocycles. The number of imidazole rings is 1. The Kier molecular flexibility index (Phi) is 1.02. The quantitative estimate of drug-likeness (QED) is 0.538. The fraction of sp³-hybridized carbons (Fsp3) is 0. The average molecular weight is 172 g/mol. The molecule has 0 radical (unpaired) electrons. The van der Waals surface area contributed by atoms with E-state index in [9.17, 15) is 0 Å². The number of rotatable bonds is 0.